The van der Waals surface area contributed by atoms with Crippen molar-refractivity contribution in [2.45, 2.75) is 44.6 Å². The van der Waals surface area contributed by atoms with Gasteiger partial charge in [-0.25, -0.2) is 4.79 Å². The summed E-state index contributed by atoms with van der Waals surface area (Å²) < 4.78 is 4.70. The second-order valence-corrected chi connectivity index (χ2v) is 3.97. The summed E-state index contributed by atoms with van der Waals surface area (Å²) in [7, 11) is 0. The molecule has 0 fully saturated rings. The van der Waals surface area contributed by atoms with Crippen LogP contribution in [-0.2, 0) is 9.53 Å². The molecule has 0 amide bonds. The molecule has 0 aliphatic heterocycles. The van der Waals surface area contributed by atoms with E-state index in [1.165, 1.54) is 6.08 Å². The minimum absolute atomic E-state index is 0.0651. The third-order valence-electron chi connectivity index (χ3n) is 2.20. The number of carbonyl (C=O) groups is 1. The molecular weight excluding hydrogens is 220 g/mol. The number of aliphatic hydroxyl groups excluding tert-OH is 2. The number of allylic oxidation sites excluding steroid dienone is 1. The first-order valence-electron chi connectivity index (χ1n) is 6.12. The fourth-order valence-electron chi connectivity index (χ4n) is 1.31. The molecule has 1 unspecified atom stereocenters. The lowest BCUT2D eigenvalue weighted by Crippen LogP contribution is -2.13. The van der Waals surface area contributed by atoms with Gasteiger partial charge in [-0.1, -0.05) is 25.3 Å². The van der Waals surface area contributed by atoms with Crippen LogP contribution in [-0.4, -0.2) is 35.5 Å². The van der Waals surface area contributed by atoms with Crippen molar-refractivity contribution in [1.82, 2.24) is 0 Å². The van der Waals surface area contributed by atoms with Crippen molar-refractivity contribution in [3.8, 4) is 0 Å². The number of hydrogen-bond acceptors (Lipinski definition) is 4. The van der Waals surface area contributed by atoms with Gasteiger partial charge in [-0.3, -0.25) is 0 Å². The molecule has 0 aromatic rings. The lowest BCUT2D eigenvalue weighted by molar-refractivity contribution is -0.139. The molecule has 0 heterocycles. The lowest BCUT2D eigenvalue weighted by atomic mass is 10.1. The summed E-state index contributed by atoms with van der Waals surface area (Å²) in [6.45, 7) is 3.49. The Morgan fingerprint density at radius 3 is 2.53 bits per heavy atom. The summed E-state index contributed by atoms with van der Waals surface area (Å²) in [5.74, 6) is -0.437. The maximum absolute atomic E-state index is 11.0. The van der Waals surface area contributed by atoms with Gasteiger partial charge >= 0.3 is 5.97 Å². The van der Waals surface area contributed by atoms with Crippen molar-refractivity contribution in [2.75, 3.05) is 13.2 Å². The Hall–Kier alpha value is -0.870. The average Bonchev–Trinajstić information content (AvgIpc) is 2.30. The molecule has 0 spiro atoms. The van der Waals surface area contributed by atoms with Crippen LogP contribution in [0.15, 0.2) is 12.2 Å². The van der Waals surface area contributed by atoms with Crippen molar-refractivity contribution in [3.05, 3.63) is 19.1 Å². The van der Waals surface area contributed by atoms with E-state index in [2.05, 4.69) is 6.92 Å². The van der Waals surface area contributed by atoms with Crippen LogP contribution in [0.5, 0.6) is 0 Å². The van der Waals surface area contributed by atoms with Crippen LogP contribution in [0.1, 0.15) is 38.5 Å². The molecule has 4 heteroatoms. The number of unbranched alkanes of at least 4 members (excludes halogenated alkanes) is 5. The zero-order chi connectivity index (χ0) is 12.9. The average molecular weight is 243 g/mol. The van der Waals surface area contributed by atoms with Crippen LogP contribution < -0.4 is 0 Å². The van der Waals surface area contributed by atoms with Crippen LogP contribution in [0.2, 0.25) is 0 Å². The predicted molar refractivity (Wildman–Crippen MR) is 66.3 cm³/mol. The number of hydrogen-bond donors (Lipinski definition) is 2. The summed E-state index contributed by atoms with van der Waals surface area (Å²) in [6.07, 6.45) is 8.34. The number of carbonyl (C=O) groups excluding carboxylic acids is 1. The third-order valence-corrected chi connectivity index (χ3v) is 2.20. The van der Waals surface area contributed by atoms with E-state index in [1.54, 1.807) is 6.08 Å². The fraction of sp³-hybridized carbons (Fsp3) is 0.692. The largest absolute Gasteiger partial charge is 0.460 e. The molecule has 2 N–H and O–H groups in total. The number of ether oxygens (including phenoxy) is 1. The van der Waals surface area contributed by atoms with Gasteiger partial charge in [0, 0.05) is 12.7 Å². The van der Waals surface area contributed by atoms with E-state index in [1.807, 2.05) is 0 Å². The van der Waals surface area contributed by atoms with E-state index in [4.69, 9.17) is 14.9 Å². The highest BCUT2D eigenvalue weighted by atomic mass is 16.5. The molecule has 1 radical (unpaired) electrons. The van der Waals surface area contributed by atoms with Crippen LogP contribution in [0.3, 0.4) is 0 Å². The smallest absolute Gasteiger partial charge is 0.330 e. The zero-order valence-corrected chi connectivity index (χ0v) is 10.3. The SMILES string of the molecule is [CH2]C(O)COC(=O)C=CCCCCCCCO. The minimum atomic E-state index is -0.862. The molecule has 99 valence electrons. The van der Waals surface area contributed by atoms with Crippen molar-refractivity contribution >= 4 is 5.97 Å². The normalized spacial score (nSPS) is 12.9. The van der Waals surface area contributed by atoms with Crippen molar-refractivity contribution in [2.24, 2.45) is 0 Å². The second-order valence-electron chi connectivity index (χ2n) is 3.97. The first-order valence-corrected chi connectivity index (χ1v) is 6.12. The molecule has 0 aromatic carbocycles. The molecule has 0 aromatic heterocycles. The van der Waals surface area contributed by atoms with Gasteiger partial charge in [0.25, 0.3) is 0 Å². The van der Waals surface area contributed by atoms with E-state index in [0.29, 0.717) is 0 Å². The van der Waals surface area contributed by atoms with Gasteiger partial charge in [-0.2, -0.15) is 0 Å². The molecule has 0 aliphatic rings. The maximum Gasteiger partial charge on any atom is 0.330 e. The summed E-state index contributed by atoms with van der Waals surface area (Å²) in [5, 5.41) is 17.4. The van der Waals surface area contributed by atoms with Crippen molar-refractivity contribution in [3.63, 3.8) is 0 Å². The van der Waals surface area contributed by atoms with Crippen molar-refractivity contribution < 1.29 is 19.7 Å². The standard InChI is InChI=1S/C13H23O4/c1-12(15)11-17-13(16)9-7-5-3-2-4-6-8-10-14/h7,9,12,14-15H,1-6,8,10-11H2. The monoisotopic (exact) mass is 243 g/mol. The Morgan fingerprint density at radius 1 is 1.24 bits per heavy atom. The van der Waals surface area contributed by atoms with Crippen LogP contribution in [0.4, 0.5) is 0 Å². The second kappa shape index (κ2) is 11.6. The van der Waals surface area contributed by atoms with Gasteiger partial charge in [-0.05, 0) is 26.2 Å². The zero-order valence-electron chi connectivity index (χ0n) is 10.3. The Bertz CT molecular complexity index is 211. The number of esters is 1. The summed E-state index contributed by atoms with van der Waals surface area (Å²) >= 11 is 0. The van der Waals surface area contributed by atoms with E-state index in [-0.39, 0.29) is 13.2 Å². The first-order chi connectivity index (χ1) is 8.16. The van der Waals surface area contributed by atoms with Crippen LogP contribution in [0.25, 0.3) is 0 Å². The van der Waals surface area contributed by atoms with Gasteiger partial charge in [0.2, 0.25) is 0 Å². The highest BCUT2D eigenvalue weighted by Gasteiger charge is 1.99. The van der Waals surface area contributed by atoms with E-state index >= 15 is 0 Å². The van der Waals surface area contributed by atoms with Gasteiger partial charge in [0.05, 0.1) is 6.10 Å². The quantitative estimate of drug-likeness (QED) is 0.347. The Kier molecular flexibility index (Phi) is 11.0. The fourth-order valence-corrected chi connectivity index (χ4v) is 1.31. The van der Waals surface area contributed by atoms with E-state index < -0.39 is 12.1 Å². The highest BCUT2D eigenvalue weighted by Crippen LogP contribution is 2.05. The topological polar surface area (TPSA) is 66.8 Å². The molecule has 0 aliphatic carbocycles. The van der Waals surface area contributed by atoms with Crippen LogP contribution >= 0.6 is 0 Å². The summed E-state index contributed by atoms with van der Waals surface area (Å²) in [5.41, 5.74) is 0. The van der Waals surface area contributed by atoms with Gasteiger partial charge in [0.1, 0.15) is 6.61 Å². The molecule has 17 heavy (non-hydrogen) atoms. The lowest BCUT2D eigenvalue weighted by Gasteiger charge is -2.03. The Labute approximate surface area is 103 Å². The maximum atomic E-state index is 11.0. The van der Waals surface area contributed by atoms with Gasteiger partial charge in [-0.15, -0.1) is 0 Å². The highest BCUT2D eigenvalue weighted by molar-refractivity contribution is 5.81. The van der Waals surface area contributed by atoms with Crippen LogP contribution in [0, 0.1) is 6.92 Å². The number of aliphatic hydroxyl groups is 2. The summed E-state index contributed by atoms with van der Waals surface area (Å²) in [4.78, 5) is 11.0. The number of rotatable bonds is 10. The first kappa shape index (κ1) is 16.1. The molecule has 0 rings (SSSR count). The van der Waals surface area contributed by atoms with Gasteiger partial charge < -0.3 is 14.9 Å². The third kappa shape index (κ3) is 13.1. The molecular formula is C13H23O4. The molecule has 4 nitrogen and oxygen atoms in total. The van der Waals surface area contributed by atoms with Gasteiger partial charge in [0.15, 0.2) is 0 Å². The predicted octanol–water partition coefficient (Wildman–Crippen LogP) is 1.61. The molecule has 0 saturated heterocycles. The Morgan fingerprint density at radius 2 is 1.88 bits per heavy atom. The van der Waals surface area contributed by atoms with E-state index in [0.717, 1.165) is 38.5 Å². The minimum Gasteiger partial charge on any atom is -0.460 e. The summed E-state index contributed by atoms with van der Waals surface area (Å²) in [6, 6.07) is 0. The molecule has 0 saturated carbocycles. The van der Waals surface area contributed by atoms with E-state index in [9.17, 15) is 4.79 Å². The van der Waals surface area contributed by atoms with Crippen molar-refractivity contribution in [1.29, 1.82) is 0 Å². The molecule has 0 bridgehead atoms. The Balaban J connectivity index is 3.32. The molecule has 1 atom stereocenters.